The molecule has 4 aromatic rings. The van der Waals surface area contributed by atoms with E-state index in [4.69, 9.17) is 19.6 Å². The molecule has 11 heteroatoms. The molecule has 0 radical (unpaired) electrons. The van der Waals surface area contributed by atoms with Gasteiger partial charge in [0, 0.05) is 26.3 Å². The Morgan fingerprint density at radius 3 is 2.74 bits per heavy atom. The van der Waals surface area contributed by atoms with Gasteiger partial charge in [-0.3, -0.25) is 19.0 Å². The Kier molecular flexibility index (Phi) is 7.22. The van der Waals surface area contributed by atoms with E-state index in [-0.39, 0.29) is 18.8 Å². The molecule has 4 aromatic heterocycles. The first-order valence-electron chi connectivity index (χ1n) is 13.1. The first-order valence-corrected chi connectivity index (χ1v) is 13.1. The molecule has 38 heavy (non-hydrogen) atoms. The van der Waals surface area contributed by atoms with Gasteiger partial charge in [0.15, 0.2) is 5.65 Å². The van der Waals surface area contributed by atoms with Gasteiger partial charge in [-0.25, -0.2) is 9.67 Å². The van der Waals surface area contributed by atoms with Crippen LogP contribution in [0.1, 0.15) is 56.4 Å². The van der Waals surface area contributed by atoms with Crippen LogP contribution in [0.2, 0.25) is 0 Å². The molecule has 2 atom stereocenters. The van der Waals surface area contributed by atoms with E-state index in [0.717, 1.165) is 46.1 Å². The maximum absolute atomic E-state index is 10.00. The summed E-state index contributed by atoms with van der Waals surface area (Å²) in [5.41, 5.74) is 5.98. The summed E-state index contributed by atoms with van der Waals surface area (Å²) in [5.74, 6) is 1.23. The Morgan fingerprint density at radius 1 is 1.18 bits per heavy atom. The van der Waals surface area contributed by atoms with Crippen LogP contribution in [-0.4, -0.2) is 76.3 Å². The van der Waals surface area contributed by atoms with Crippen LogP contribution >= 0.6 is 0 Å². The lowest BCUT2D eigenvalue weighted by Crippen LogP contribution is -2.35. The smallest absolute Gasteiger partial charge is 0.240 e. The molecule has 0 spiro atoms. The van der Waals surface area contributed by atoms with Gasteiger partial charge in [-0.2, -0.15) is 5.10 Å². The second-order valence-electron chi connectivity index (χ2n) is 9.74. The quantitative estimate of drug-likeness (QED) is 0.427. The summed E-state index contributed by atoms with van der Waals surface area (Å²) in [5, 5.41) is 19.4. The zero-order valence-corrected chi connectivity index (χ0v) is 22.9. The van der Waals surface area contributed by atoms with Crippen molar-refractivity contribution in [3.05, 3.63) is 41.2 Å². The largest absolute Gasteiger partial charge is 0.476 e. The Morgan fingerprint density at radius 2 is 2.00 bits per heavy atom. The van der Waals surface area contributed by atoms with Gasteiger partial charge in [-0.1, -0.05) is 6.92 Å². The van der Waals surface area contributed by atoms with Gasteiger partial charge < -0.3 is 14.6 Å². The number of fused-ring (bicyclic) bond motifs is 4. The summed E-state index contributed by atoms with van der Waals surface area (Å²) in [6, 6.07) is -0.203. The van der Waals surface area contributed by atoms with Gasteiger partial charge in [-0.15, -0.1) is 5.10 Å². The van der Waals surface area contributed by atoms with E-state index < -0.39 is 0 Å². The van der Waals surface area contributed by atoms with Crippen LogP contribution in [0.3, 0.4) is 0 Å². The number of rotatable bonds is 5. The molecule has 2 bridgehead atoms. The number of imidazole rings is 1. The lowest BCUT2D eigenvalue weighted by atomic mass is 10.1. The van der Waals surface area contributed by atoms with Gasteiger partial charge in [0.25, 0.3) is 0 Å². The molecule has 5 rings (SSSR count). The number of aliphatic hydroxyl groups is 1. The summed E-state index contributed by atoms with van der Waals surface area (Å²) < 4.78 is 18.2. The van der Waals surface area contributed by atoms with Crippen LogP contribution in [-0.2, 0) is 13.6 Å². The van der Waals surface area contributed by atoms with Crippen molar-refractivity contribution in [2.75, 3.05) is 26.3 Å². The molecule has 1 N–H and O–H groups in total. The van der Waals surface area contributed by atoms with Gasteiger partial charge in [0.05, 0.1) is 65.6 Å². The van der Waals surface area contributed by atoms with Gasteiger partial charge >= 0.3 is 0 Å². The van der Waals surface area contributed by atoms with Crippen molar-refractivity contribution in [2.45, 2.75) is 53.3 Å². The van der Waals surface area contributed by atoms with Crippen LogP contribution in [0.25, 0.3) is 29.1 Å². The van der Waals surface area contributed by atoms with Crippen molar-refractivity contribution in [1.82, 2.24) is 38.8 Å². The SMILES string of the molecule is CCOc1nn([C@@H](C)CO)c2c1/C=C/c1cnc3cnc(cn13)-c1c(C)nn(C)c1O[C@@H](C)CN(CC)C2. The van der Waals surface area contributed by atoms with E-state index in [1.807, 2.05) is 61.4 Å². The third-order valence-electron chi connectivity index (χ3n) is 6.90. The molecule has 11 nitrogen and oxygen atoms in total. The number of aryl methyl sites for hydroxylation is 2. The third kappa shape index (κ3) is 4.67. The molecule has 0 aromatic carbocycles. The van der Waals surface area contributed by atoms with Crippen molar-refractivity contribution >= 4 is 17.8 Å². The number of ether oxygens (including phenoxy) is 2. The monoisotopic (exact) mass is 520 g/mol. The molecular formula is C27H36N8O3. The molecule has 0 aliphatic carbocycles. The van der Waals surface area contributed by atoms with Gasteiger partial charge in [0.2, 0.25) is 11.8 Å². The molecule has 5 heterocycles. The van der Waals surface area contributed by atoms with Crippen molar-refractivity contribution < 1.29 is 14.6 Å². The molecule has 0 amide bonds. The van der Waals surface area contributed by atoms with Crippen LogP contribution < -0.4 is 9.47 Å². The molecule has 0 fully saturated rings. The fraction of sp³-hybridized carbons (Fsp3) is 0.481. The van der Waals surface area contributed by atoms with Crippen molar-refractivity contribution in [3.8, 4) is 23.0 Å². The molecule has 202 valence electrons. The predicted octanol–water partition coefficient (Wildman–Crippen LogP) is 3.36. The second kappa shape index (κ2) is 10.6. The van der Waals surface area contributed by atoms with Crippen molar-refractivity contribution in [1.29, 1.82) is 0 Å². The average Bonchev–Trinajstić information content (AvgIpc) is 3.54. The molecule has 0 saturated carbocycles. The topological polar surface area (TPSA) is 108 Å². The summed E-state index contributed by atoms with van der Waals surface area (Å²) in [6.45, 7) is 12.6. The number of hydrogen-bond acceptors (Lipinski definition) is 8. The maximum atomic E-state index is 10.00. The zero-order valence-electron chi connectivity index (χ0n) is 22.9. The van der Waals surface area contributed by atoms with Crippen molar-refractivity contribution in [3.63, 3.8) is 0 Å². The first-order chi connectivity index (χ1) is 18.3. The number of aromatic nitrogens is 7. The van der Waals surface area contributed by atoms with Crippen molar-refractivity contribution in [2.24, 2.45) is 7.05 Å². The first kappa shape index (κ1) is 25.9. The highest BCUT2D eigenvalue weighted by Crippen LogP contribution is 2.34. The van der Waals surface area contributed by atoms with E-state index in [0.29, 0.717) is 31.5 Å². The second-order valence-corrected chi connectivity index (χ2v) is 9.74. The number of nitrogens with zero attached hydrogens (tertiary/aromatic N) is 8. The van der Waals surface area contributed by atoms with Crippen LogP contribution in [0.5, 0.6) is 11.8 Å². The summed E-state index contributed by atoms with van der Waals surface area (Å²) in [4.78, 5) is 11.6. The van der Waals surface area contributed by atoms with E-state index >= 15 is 0 Å². The number of aliphatic hydroxyl groups excluding tert-OH is 1. The minimum Gasteiger partial charge on any atom is -0.476 e. The minimum atomic E-state index is -0.203. The van der Waals surface area contributed by atoms with E-state index in [1.165, 1.54) is 0 Å². The van der Waals surface area contributed by atoms with E-state index in [1.54, 1.807) is 10.9 Å². The lowest BCUT2D eigenvalue weighted by Gasteiger charge is -2.26. The fourth-order valence-electron chi connectivity index (χ4n) is 4.97. The highest BCUT2D eigenvalue weighted by Gasteiger charge is 2.25. The normalized spacial score (nSPS) is 17.9. The zero-order chi connectivity index (χ0) is 27.0. The molecule has 1 aliphatic heterocycles. The fourth-order valence-corrected chi connectivity index (χ4v) is 4.97. The van der Waals surface area contributed by atoms with Crippen LogP contribution in [0.15, 0.2) is 18.6 Å². The highest BCUT2D eigenvalue weighted by atomic mass is 16.5. The molecule has 1 aliphatic rings. The molecule has 0 unspecified atom stereocenters. The van der Waals surface area contributed by atoms with Gasteiger partial charge in [-0.05, 0) is 46.4 Å². The maximum Gasteiger partial charge on any atom is 0.240 e. The minimum absolute atomic E-state index is 0.0271. The summed E-state index contributed by atoms with van der Waals surface area (Å²) in [7, 11) is 1.89. The van der Waals surface area contributed by atoms with E-state index in [9.17, 15) is 5.11 Å². The van der Waals surface area contributed by atoms with Crippen LogP contribution in [0.4, 0.5) is 0 Å². The van der Waals surface area contributed by atoms with Gasteiger partial charge in [0.1, 0.15) is 6.10 Å². The van der Waals surface area contributed by atoms with Crippen LogP contribution in [0, 0.1) is 6.92 Å². The number of hydrogen-bond donors (Lipinski definition) is 1. The lowest BCUT2D eigenvalue weighted by molar-refractivity contribution is 0.132. The molecule has 0 saturated heterocycles. The summed E-state index contributed by atoms with van der Waals surface area (Å²) >= 11 is 0. The van der Waals surface area contributed by atoms with E-state index in [2.05, 4.69) is 28.8 Å². The molecular weight excluding hydrogens is 484 g/mol. The number of likely N-dealkylation sites (N-methyl/N-ethyl adjacent to an activating group) is 1. The average molecular weight is 521 g/mol. The Balaban J connectivity index is 1.73. The third-order valence-corrected chi connectivity index (χ3v) is 6.90. The summed E-state index contributed by atoms with van der Waals surface area (Å²) in [6.07, 6.45) is 9.49. The Labute approximate surface area is 222 Å². The Hall–Kier alpha value is -3.70. The standard InChI is InChI=1S/C27H36N8O3/c1-7-33-13-18(4)38-27-25(19(5)30-32(27)6)22-14-34-20(11-29-24(34)12-28-22)9-10-21-23(15-33)35(17(3)16-36)31-26(21)37-8-2/h9-12,14,17-18,36H,7-8,13,15-16H2,1-6H3/b10-9+/t17-,18-/m0/s1. The highest BCUT2D eigenvalue weighted by molar-refractivity contribution is 5.74. The predicted molar refractivity (Wildman–Crippen MR) is 145 cm³/mol. The Bertz CT molecular complexity index is 1470.